The van der Waals surface area contributed by atoms with Crippen LogP contribution in [0.3, 0.4) is 0 Å². The van der Waals surface area contributed by atoms with Crippen molar-refractivity contribution in [1.82, 2.24) is 10.7 Å². The lowest BCUT2D eigenvalue weighted by atomic mass is 10.2. The number of amides is 2. The maximum Gasteiger partial charge on any atom is 0.329 e. The Morgan fingerprint density at radius 1 is 1.19 bits per heavy atom. The summed E-state index contributed by atoms with van der Waals surface area (Å²) in [5.41, 5.74) is 4.13. The molecule has 6 heteroatoms. The van der Waals surface area contributed by atoms with Crippen molar-refractivity contribution in [1.29, 1.82) is 0 Å². The zero-order chi connectivity index (χ0) is 15.1. The number of hydrazone groups is 1. The van der Waals surface area contributed by atoms with E-state index in [1.807, 2.05) is 31.2 Å². The molecule has 2 amide bonds. The third-order valence-electron chi connectivity index (χ3n) is 2.67. The third-order valence-corrected chi connectivity index (χ3v) is 2.67. The van der Waals surface area contributed by atoms with E-state index in [-0.39, 0.29) is 6.54 Å². The zero-order valence-corrected chi connectivity index (χ0v) is 11.5. The van der Waals surface area contributed by atoms with Crippen molar-refractivity contribution in [3.05, 3.63) is 59.5 Å². The number of carbonyl (C=O) groups excluding carboxylic acids is 2. The molecule has 2 rings (SSSR count). The highest BCUT2D eigenvalue weighted by Gasteiger charge is 2.12. The average molecular weight is 285 g/mol. The molecule has 21 heavy (non-hydrogen) atoms. The minimum Gasteiger partial charge on any atom is -0.467 e. The Morgan fingerprint density at radius 3 is 2.62 bits per heavy atom. The molecule has 1 aromatic carbocycles. The van der Waals surface area contributed by atoms with Gasteiger partial charge < -0.3 is 9.73 Å². The van der Waals surface area contributed by atoms with Crippen LogP contribution in [0, 0.1) is 6.92 Å². The van der Waals surface area contributed by atoms with Gasteiger partial charge in [0, 0.05) is 0 Å². The Morgan fingerprint density at radius 2 is 1.95 bits per heavy atom. The molecule has 0 radical (unpaired) electrons. The fourth-order valence-electron chi connectivity index (χ4n) is 1.53. The molecular formula is C15H15N3O3. The fourth-order valence-corrected chi connectivity index (χ4v) is 1.53. The van der Waals surface area contributed by atoms with E-state index in [0.29, 0.717) is 5.76 Å². The highest BCUT2D eigenvalue weighted by molar-refractivity contribution is 6.35. The molecule has 0 aliphatic carbocycles. The van der Waals surface area contributed by atoms with Gasteiger partial charge in [0.15, 0.2) is 0 Å². The van der Waals surface area contributed by atoms with Crippen LogP contribution in [-0.4, -0.2) is 18.0 Å². The Labute approximate surface area is 121 Å². The summed E-state index contributed by atoms with van der Waals surface area (Å²) in [5.74, 6) is -1.03. The summed E-state index contributed by atoms with van der Waals surface area (Å²) in [7, 11) is 0. The summed E-state index contributed by atoms with van der Waals surface area (Å²) in [4.78, 5) is 23.0. The van der Waals surface area contributed by atoms with Crippen LogP contribution in [-0.2, 0) is 16.1 Å². The van der Waals surface area contributed by atoms with Crippen LogP contribution in [0.15, 0.2) is 52.2 Å². The number of hydrogen-bond donors (Lipinski definition) is 2. The van der Waals surface area contributed by atoms with Gasteiger partial charge in [0.2, 0.25) is 0 Å². The number of nitrogens with one attached hydrogen (secondary N) is 2. The molecule has 0 bridgehead atoms. The van der Waals surface area contributed by atoms with Gasteiger partial charge in [-0.1, -0.05) is 29.8 Å². The van der Waals surface area contributed by atoms with Gasteiger partial charge in [-0.15, -0.1) is 0 Å². The highest BCUT2D eigenvalue weighted by atomic mass is 16.3. The number of carbonyl (C=O) groups is 2. The Hall–Kier alpha value is -2.89. The highest BCUT2D eigenvalue weighted by Crippen LogP contribution is 2.00. The van der Waals surface area contributed by atoms with Gasteiger partial charge in [-0.05, 0) is 24.6 Å². The lowest BCUT2D eigenvalue weighted by Crippen LogP contribution is -2.37. The summed E-state index contributed by atoms with van der Waals surface area (Å²) in [6.07, 6.45) is 2.96. The molecule has 1 heterocycles. The van der Waals surface area contributed by atoms with Crippen LogP contribution in [0.25, 0.3) is 0 Å². The van der Waals surface area contributed by atoms with E-state index in [0.717, 1.165) is 11.1 Å². The summed E-state index contributed by atoms with van der Waals surface area (Å²) >= 11 is 0. The number of benzene rings is 1. The van der Waals surface area contributed by atoms with Crippen molar-refractivity contribution in [3.63, 3.8) is 0 Å². The van der Waals surface area contributed by atoms with Gasteiger partial charge in [-0.2, -0.15) is 5.10 Å². The first-order chi connectivity index (χ1) is 10.1. The van der Waals surface area contributed by atoms with E-state index in [9.17, 15) is 9.59 Å². The summed E-state index contributed by atoms with van der Waals surface area (Å²) in [6.45, 7) is 2.13. The predicted octanol–water partition coefficient (Wildman–Crippen LogP) is 1.35. The van der Waals surface area contributed by atoms with Gasteiger partial charge in [-0.3, -0.25) is 9.59 Å². The number of hydrogen-bond acceptors (Lipinski definition) is 4. The van der Waals surface area contributed by atoms with Crippen molar-refractivity contribution < 1.29 is 14.0 Å². The second-order valence-corrected chi connectivity index (χ2v) is 4.37. The van der Waals surface area contributed by atoms with Crippen molar-refractivity contribution in [2.75, 3.05) is 0 Å². The minimum absolute atomic E-state index is 0.154. The van der Waals surface area contributed by atoms with Gasteiger partial charge in [-0.25, -0.2) is 5.43 Å². The molecule has 0 saturated carbocycles. The molecule has 0 unspecified atom stereocenters. The van der Waals surface area contributed by atoms with E-state index >= 15 is 0 Å². The molecule has 2 N–H and O–H groups in total. The van der Waals surface area contributed by atoms with Crippen molar-refractivity contribution in [2.24, 2.45) is 5.10 Å². The van der Waals surface area contributed by atoms with Gasteiger partial charge in [0.05, 0.1) is 19.0 Å². The summed E-state index contributed by atoms with van der Waals surface area (Å²) in [6, 6.07) is 11.0. The van der Waals surface area contributed by atoms with Gasteiger partial charge >= 0.3 is 11.8 Å². The lowest BCUT2D eigenvalue weighted by Gasteiger charge is -2.01. The largest absolute Gasteiger partial charge is 0.467 e. The first kappa shape index (κ1) is 14.5. The Balaban J connectivity index is 1.78. The number of aryl methyl sites for hydroxylation is 1. The van der Waals surface area contributed by atoms with E-state index in [1.165, 1.54) is 12.5 Å². The second-order valence-electron chi connectivity index (χ2n) is 4.37. The van der Waals surface area contributed by atoms with E-state index in [2.05, 4.69) is 15.8 Å². The van der Waals surface area contributed by atoms with E-state index < -0.39 is 11.8 Å². The molecule has 0 fully saturated rings. The van der Waals surface area contributed by atoms with Gasteiger partial charge in [0.25, 0.3) is 0 Å². The molecule has 1 aromatic heterocycles. The monoisotopic (exact) mass is 285 g/mol. The van der Waals surface area contributed by atoms with Crippen molar-refractivity contribution in [2.45, 2.75) is 13.5 Å². The molecule has 0 aliphatic heterocycles. The van der Waals surface area contributed by atoms with Crippen molar-refractivity contribution in [3.8, 4) is 0 Å². The average Bonchev–Trinajstić information content (AvgIpc) is 3.00. The van der Waals surface area contributed by atoms with Crippen molar-refractivity contribution >= 4 is 18.0 Å². The second kappa shape index (κ2) is 7.04. The van der Waals surface area contributed by atoms with Crippen LogP contribution >= 0.6 is 0 Å². The van der Waals surface area contributed by atoms with E-state index in [4.69, 9.17) is 4.42 Å². The Kier molecular flexibility index (Phi) is 4.87. The van der Waals surface area contributed by atoms with Gasteiger partial charge in [0.1, 0.15) is 5.76 Å². The van der Waals surface area contributed by atoms with E-state index in [1.54, 1.807) is 12.1 Å². The molecule has 0 spiro atoms. The maximum absolute atomic E-state index is 11.5. The number of rotatable bonds is 4. The molecule has 108 valence electrons. The number of nitrogens with zero attached hydrogens (tertiary/aromatic N) is 1. The zero-order valence-electron chi connectivity index (χ0n) is 11.5. The van der Waals surface area contributed by atoms with Crippen LogP contribution in [0.4, 0.5) is 0 Å². The lowest BCUT2D eigenvalue weighted by molar-refractivity contribution is -0.139. The normalized spacial score (nSPS) is 10.5. The van der Waals surface area contributed by atoms with Crippen LogP contribution in [0.5, 0.6) is 0 Å². The molecule has 2 aromatic rings. The standard InChI is InChI=1S/C15H15N3O3/c1-11-4-6-12(7-5-11)9-17-18-15(20)14(19)16-10-13-3-2-8-21-13/h2-9H,10H2,1H3,(H,16,19)(H,18,20)/b17-9+. The first-order valence-corrected chi connectivity index (χ1v) is 6.35. The molecule has 0 aliphatic rings. The quantitative estimate of drug-likeness (QED) is 0.505. The number of furan rings is 1. The first-order valence-electron chi connectivity index (χ1n) is 6.35. The van der Waals surface area contributed by atoms with Crippen LogP contribution < -0.4 is 10.7 Å². The predicted molar refractivity (Wildman–Crippen MR) is 77.5 cm³/mol. The van der Waals surface area contributed by atoms with Crippen LogP contribution in [0.1, 0.15) is 16.9 Å². The van der Waals surface area contributed by atoms with Crippen LogP contribution in [0.2, 0.25) is 0 Å². The fraction of sp³-hybridized carbons (Fsp3) is 0.133. The summed E-state index contributed by atoms with van der Waals surface area (Å²) < 4.78 is 5.04. The molecular weight excluding hydrogens is 270 g/mol. The SMILES string of the molecule is Cc1ccc(/C=N/NC(=O)C(=O)NCc2ccco2)cc1. The summed E-state index contributed by atoms with van der Waals surface area (Å²) in [5, 5.41) is 6.15. The smallest absolute Gasteiger partial charge is 0.329 e. The molecule has 6 nitrogen and oxygen atoms in total. The third kappa shape index (κ3) is 4.61. The molecule has 0 atom stereocenters. The molecule has 0 saturated heterocycles. The topological polar surface area (TPSA) is 83.7 Å². The maximum atomic E-state index is 11.5. The minimum atomic E-state index is -0.829. The Bertz CT molecular complexity index is 631.